The molecule has 4 bridgehead atoms. The third kappa shape index (κ3) is 14.8. The maximum atomic E-state index is 15.7. The molecule has 1 heterocycles. The van der Waals surface area contributed by atoms with E-state index >= 15 is 9.59 Å². The number of rotatable bonds is 31. The highest BCUT2D eigenvalue weighted by Gasteiger charge is 2.62. The molecule has 7 heteroatoms. The molecule has 0 aromatic carbocycles. The Kier molecular flexibility index (Phi) is 22.2. The van der Waals surface area contributed by atoms with Gasteiger partial charge in [-0.3, -0.25) is 9.59 Å². The Bertz CT molecular complexity index is 1660. The molecule has 9 aliphatic rings. The van der Waals surface area contributed by atoms with Gasteiger partial charge in [0.15, 0.2) is 0 Å². The van der Waals surface area contributed by atoms with Gasteiger partial charge in [-0.05, 0) is 224 Å². The van der Waals surface area contributed by atoms with Crippen molar-refractivity contribution in [3.63, 3.8) is 0 Å². The van der Waals surface area contributed by atoms with Gasteiger partial charge in [0, 0.05) is 18.5 Å². The van der Waals surface area contributed by atoms with Crippen LogP contribution in [0, 0.1) is 75.9 Å². The number of nitrogens with one attached hydrogen (secondary N) is 1. The summed E-state index contributed by atoms with van der Waals surface area (Å²) in [4.78, 5) is 36.1. The maximum absolute atomic E-state index is 15.7. The Morgan fingerprint density at radius 1 is 0.622 bits per heavy atom. The summed E-state index contributed by atoms with van der Waals surface area (Å²) < 4.78 is 0. The lowest BCUT2D eigenvalue weighted by molar-refractivity contribution is -0.172. The van der Waals surface area contributed by atoms with Gasteiger partial charge in [0.05, 0.1) is 12.2 Å². The van der Waals surface area contributed by atoms with Crippen LogP contribution in [0.4, 0.5) is 0 Å². The fourth-order valence-electron chi connectivity index (χ4n) is 20.0. The number of unbranched alkanes of at least 4 members (excludes halogenated alkanes) is 16. The first kappa shape index (κ1) is 59.0. The van der Waals surface area contributed by atoms with E-state index in [1.54, 1.807) is 0 Å². The predicted octanol–water partition coefficient (Wildman–Crippen LogP) is 15.9. The number of piperidine rings is 1. The average Bonchev–Trinajstić information content (AvgIpc) is 3.73. The maximum Gasteiger partial charge on any atom is 0.243 e. The Balaban J connectivity index is 0.988. The lowest BCUT2D eigenvalue weighted by Gasteiger charge is -2.62. The van der Waals surface area contributed by atoms with Gasteiger partial charge in [-0.2, -0.15) is 0 Å². The van der Waals surface area contributed by atoms with Gasteiger partial charge in [0.2, 0.25) is 11.8 Å². The van der Waals surface area contributed by atoms with E-state index in [1.165, 1.54) is 173 Å². The summed E-state index contributed by atoms with van der Waals surface area (Å²) in [6.45, 7) is 15.2. The number of likely N-dealkylation sites (tertiary alicyclic amines) is 1. The molecule has 74 heavy (non-hydrogen) atoms. The number of aliphatic hydroxyl groups is 2. The fourth-order valence-corrected chi connectivity index (χ4v) is 20.0. The second kappa shape index (κ2) is 27.8. The van der Waals surface area contributed by atoms with E-state index in [4.69, 9.17) is 0 Å². The minimum absolute atomic E-state index is 0.0644. The molecule has 7 nitrogen and oxygen atoms in total. The molecule has 1 aliphatic heterocycles. The van der Waals surface area contributed by atoms with Crippen molar-refractivity contribution in [2.24, 2.45) is 75.9 Å². The molecule has 12 atom stereocenters. The topological polar surface area (TPSA) is 93.1 Å². The number of hydrogen-bond donors (Lipinski definition) is 3. The van der Waals surface area contributed by atoms with Crippen LogP contribution in [0.1, 0.15) is 285 Å². The summed E-state index contributed by atoms with van der Waals surface area (Å²) in [5.41, 5.74) is 0.310. The van der Waals surface area contributed by atoms with Gasteiger partial charge in [-0.15, -0.1) is 0 Å². The summed E-state index contributed by atoms with van der Waals surface area (Å²) >= 11 is 0. The van der Waals surface area contributed by atoms with Crippen molar-refractivity contribution < 1.29 is 19.8 Å². The van der Waals surface area contributed by atoms with Crippen molar-refractivity contribution in [1.82, 2.24) is 15.1 Å². The Morgan fingerprint density at radius 3 is 1.72 bits per heavy atom. The molecule has 0 radical (unpaired) electrons. The van der Waals surface area contributed by atoms with Crippen molar-refractivity contribution >= 4 is 11.8 Å². The molecular formula is C67H119N3O4. The normalized spacial score (nSPS) is 37.0. The minimum Gasteiger partial charge on any atom is -0.393 e. The SMILES string of the molecule is CCCCCCCCCCCCC(CCCCCCCCCC)CN(C(=O)CCC(C)C1CCC2C3CC(O)C4CC(O)CCC4(C)C3CCC12C)C(CC1CCN(C)CC1)C(=O)NC12CC3CC(CC(C3)C1)C2. The zero-order valence-corrected chi connectivity index (χ0v) is 49.4. The number of amides is 2. The summed E-state index contributed by atoms with van der Waals surface area (Å²) in [6, 6.07) is -0.375. The summed E-state index contributed by atoms with van der Waals surface area (Å²) in [7, 11) is 2.25. The van der Waals surface area contributed by atoms with Gasteiger partial charge in [0.25, 0.3) is 0 Å². The average molecular weight is 1030 g/mol. The van der Waals surface area contributed by atoms with Gasteiger partial charge in [-0.25, -0.2) is 0 Å². The lowest BCUT2D eigenvalue weighted by Crippen LogP contribution is -2.63. The van der Waals surface area contributed by atoms with Crippen LogP contribution >= 0.6 is 0 Å². The third-order valence-electron chi connectivity index (χ3n) is 23.9. The van der Waals surface area contributed by atoms with Crippen LogP contribution in [-0.2, 0) is 9.59 Å². The largest absolute Gasteiger partial charge is 0.393 e. The first-order valence-electron chi connectivity index (χ1n) is 33.4. The first-order chi connectivity index (χ1) is 35.7. The van der Waals surface area contributed by atoms with Crippen LogP contribution in [0.5, 0.6) is 0 Å². The smallest absolute Gasteiger partial charge is 0.243 e. The van der Waals surface area contributed by atoms with Gasteiger partial charge in [-0.1, -0.05) is 150 Å². The highest BCUT2D eigenvalue weighted by atomic mass is 16.3. The van der Waals surface area contributed by atoms with Crippen molar-refractivity contribution in [1.29, 1.82) is 0 Å². The molecule has 9 fully saturated rings. The molecule has 0 aromatic heterocycles. The number of nitrogens with zero attached hydrogens (tertiary/aromatic N) is 2. The van der Waals surface area contributed by atoms with E-state index in [1.807, 2.05) is 0 Å². The van der Waals surface area contributed by atoms with Gasteiger partial charge >= 0.3 is 0 Å². The monoisotopic (exact) mass is 1030 g/mol. The summed E-state index contributed by atoms with van der Waals surface area (Å²) in [5, 5.41) is 26.4. The predicted molar refractivity (Wildman–Crippen MR) is 308 cm³/mol. The molecule has 8 saturated carbocycles. The standard InChI is InChI=1S/C67H119N3O4/c1-7-9-11-13-15-17-18-20-22-24-26-51(25-23-21-19-16-14-12-10-8-2)48-70(61(42-50-33-37-69(6)38-34-50)64(74)68-67-45-52-39-53(46-67)41-54(40-52)47-67)63(73)30-27-49(3)57-28-29-58-56-44-62(72)60-43-55(71)31-35-66(60,5)59(56)32-36-65(57,58)4/h49-62,71-72H,7-48H2,1-6H3,(H,68,74). The Hall–Kier alpha value is -1.18. The zero-order chi connectivity index (χ0) is 52.3. The van der Waals surface area contributed by atoms with Crippen LogP contribution in [0.25, 0.3) is 0 Å². The number of hydrogen-bond acceptors (Lipinski definition) is 5. The summed E-state index contributed by atoms with van der Waals surface area (Å²) in [5.74, 6) is 6.81. The minimum atomic E-state index is -0.375. The number of fused-ring (bicyclic) bond motifs is 5. The quantitative estimate of drug-likeness (QED) is 0.0602. The highest BCUT2D eigenvalue weighted by molar-refractivity contribution is 5.88. The second-order valence-electron chi connectivity index (χ2n) is 29.3. The first-order valence-corrected chi connectivity index (χ1v) is 33.4. The van der Waals surface area contributed by atoms with Gasteiger partial charge < -0.3 is 25.3 Å². The van der Waals surface area contributed by atoms with Crippen molar-refractivity contribution in [3.8, 4) is 0 Å². The molecule has 2 amide bonds. The molecule has 1 saturated heterocycles. The van der Waals surface area contributed by atoms with E-state index in [-0.39, 0.29) is 52.4 Å². The molecule has 0 spiro atoms. The van der Waals surface area contributed by atoms with Crippen molar-refractivity contribution in [2.75, 3.05) is 26.7 Å². The van der Waals surface area contributed by atoms with Crippen LogP contribution < -0.4 is 5.32 Å². The molecular weight excluding hydrogens is 911 g/mol. The molecule has 12 unspecified atom stereocenters. The molecule has 8 aliphatic carbocycles. The zero-order valence-electron chi connectivity index (χ0n) is 49.4. The number of carbonyl (C=O) groups excluding carboxylic acids is 2. The van der Waals surface area contributed by atoms with Crippen LogP contribution in [0.15, 0.2) is 0 Å². The molecule has 3 N–H and O–H groups in total. The van der Waals surface area contributed by atoms with Crippen LogP contribution in [0.2, 0.25) is 0 Å². The third-order valence-corrected chi connectivity index (χ3v) is 23.9. The molecule has 0 aromatic rings. The number of aliphatic hydroxyl groups excluding tert-OH is 2. The Morgan fingerprint density at radius 2 is 1.15 bits per heavy atom. The highest BCUT2D eigenvalue weighted by Crippen LogP contribution is 2.68. The Labute approximate surface area is 456 Å². The van der Waals surface area contributed by atoms with E-state index in [9.17, 15) is 10.2 Å². The van der Waals surface area contributed by atoms with Gasteiger partial charge in [0.1, 0.15) is 6.04 Å². The molecule has 426 valence electrons. The second-order valence-corrected chi connectivity index (χ2v) is 29.3. The van der Waals surface area contributed by atoms with Crippen molar-refractivity contribution in [2.45, 2.75) is 309 Å². The lowest BCUT2D eigenvalue weighted by atomic mass is 9.44. The van der Waals surface area contributed by atoms with E-state index < -0.39 is 0 Å². The fraction of sp³-hybridized carbons (Fsp3) is 0.970. The van der Waals surface area contributed by atoms with E-state index in [2.05, 4.69) is 56.8 Å². The van der Waals surface area contributed by atoms with E-state index in [0.717, 1.165) is 108 Å². The van der Waals surface area contributed by atoms with E-state index in [0.29, 0.717) is 47.8 Å². The molecule has 9 rings (SSSR count). The van der Waals surface area contributed by atoms with Crippen molar-refractivity contribution in [3.05, 3.63) is 0 Å². The van der Waals surface area contributed by atoms with Crippen LogP contribution in [0.3, 0.4) is 0 Å². The van der Waals surface area contributed by atoms with Crippen LogP contribution in [-0.4, -0.2) is 82.3 Å². The number of carbonyl (C=O) groups is 2. The summed E-state index contributed by atoms with van der Waals surface area (Å²) in [6.07, 6.45) is 46.6.